The first-order chi connectivity index (χ1) is 16.3. The number of amides is 1. The summed E-state index contributed by atoms with van der Waals surface area (Å²) in [6, 6.07) is -0.500. The van der Waals surface area contributed by atoms with E-state index in [1.54, 1.807) is 4.90 Å². The number of allylic oxidation sites excluding steroid dienone is 2. The Kier molecular flexibility index (Phi) is 6.28. The molecule has 34 heavy (non-hydrogen) atoms. The number of esters is 1. The molecule has 0 radical (unpaired) electrons. The van der Waals surface area contributed by atoms with Gasteiger partial charge in [-0.05, 0) is 98.9 Å². The molecule has 5 aliphatic rings. The number of ether oxygens (including phenoxy) is 1. The summed E-state index contributed by atoms with van der Waals surface area (Å²) < 4.78 is 4.82. The van der Waals surface area contributed by atoms with Gasteiger partial charge in [-0.25, -0.2) is 4.79 Å². The molecule has 1 amide bonds. The summed E-state index contributed by atoms with van der Waals surface area (Å²) in [5, 5.41) is 15.0. The highest BCUT2D eigenvalue weighted by Crippen LogP contribution is 2.65. The Morgan fingerprint density at radius 2 is 1.94 bits per heavy atom. The molecule has 0 aromatic rings. The number of carbonyl (C=O) groups excluding carboxylic acids is 2. The Bertz CT molecular complexity index is 899. The van der Waals surface area contributed by atoms with Gasteiger partial charge in [0.2, 0.25) is 0 Å². The molecule has 188 valence electrons. The van der Waals surface area contributed by atoms with E-state index in [-0.39, 0.29) is 35.4 Å². The lowest BCUT2D eigenvalue weighted by Crippen LogP contribution is -2.51. The number of methoxy groups -OCH3 is 1. The van der Waals surface area contributed by atoms with Crippen molar-refractivity contribution in [2.75, 3.05) is 20.3 Å². The monoisotopic (exact) mass is 472 g/mol. The highest BCUT2D eigenvalue weighted by molar-refractivity contribution is 5.96. The normalized spacial score (nSPS) is 42.5. The Labute approximate surface area is 202 Å². The molecule has 5 rings (SSSR count). The zero-order valence-electron chi connectivity index (χ0n) is 20.9. The third kappa shape index (κ3) is 3.78. The van der Waals surface area contributed by atoms with Crippen LogP contribution in [0.3, 0.4) is 0 Å². The quantitative estimate of drug-likeness (QED) is 0.496. The summed E-state index contributed by atoms with van der Waals surface area (Å²) in [7, 11) is 1.35. The molecule has 1 N–H and O–H groups in total. The van der Waals surface area contributed by atoms with Gasteiger partial charge in [-0.3, -0.25) is 4.79 Å². The van der Waals surface area contributed by atoms with Gasteiger partial charge in [0, 0.05) is 6.54 Å². The number of carbonyl (C=O) groups is 2. The summed E-state index contributed by atoms with van der Waals surface area (Å²) in [4.78, 5) is 31.5. The Hall–Kier alpha value is -1.89. The standard InChI is InChI=1S/C27H40N2O5/c1-26-12-10-18(28-34-16-24(31)29-14-4-5-22(29)25(32)33-3)15-17(26)6-7-19-20-8-9-23(30)27(20,2)13-11-21(19)26/h15,19-23,30H,4-14,16H2,1-3H3/b28-18-/t19?,20?,21?,22?,23?,26-,27-/m0/s1. The SMILES string of the molecule is COC(=O)C1CCCN1C(=O)CO/N=C1\C=C2CCC3C4CCC(O)[C@@]4(C)CCC3[C@@]2(C)CC1. The van der Waals surface area contributed by atoms with Gasteiger partial charge in [0.15, 0.2) is 6.61 Å². The third-order valence-electron chi connectivity index (χ3n) is 10.3. The van der Waals surface area contributed by atoms with Crippen LogP contribution < -0.4 is 0 Å². The fourth-order valence-corrected chi connectivity index (χ4v) is 8.32. The van der Waals surface area contributed by atoms with Crippen molar-refractivity contribution in [2.45, 2.75) is 90.2 Å². The van der Waals surface area contributed by atoms with Crippen LogP contribution in [-0.2, 0) is 19.2 Å². The minimum Gasteiger partial charge on any atom is -0.467 e. The van der Waals surface area contributed by atoms with Crippen LogP contribution >= 0.6 is 0 Å². The molecule has 1 saturated heterocycles. The molecule has 4 fully saturated rings. The van der Waals surface area contributed by atoms with Crippen LogP contribution in [0.5, 0.6) is 0 Å². The zero-order chi connectivity index (χ0) is 24.1. The summed E-state index contributed by atoms with van der Waals surface area (Å²) >= 11 is 0. The summed E-state index contributed by atoms with van der Waals surface area (Å²) in [5.74, 6) is 1.48. The molecule has 7 atom stereocenters. The van der Waals surface area contributed by atoms with Gasteiger partial charge in [-0.15, -0.1) is 0 Å². The van der Waals surface area contributed by atoms with Crippen LogP contribution in [0.2, 0.25) is 0 Å². The van der Waals surface area contributed by atoms with Gasteiger partial charge in [0.25, 0.3) is 5.91 Å². The highest BCUT2D eigenvalue weighted by atomic mass is 16.6. The third-order valence-corrected chi connectivity index (χ3v) is 10.3. The van der Waals surface area contributed by atoms with E-state index < -0.39 is 6.04 Å². The van der Waals surface area contributed by atoms with E-state index in [1.165, 1.54) is 31.9 Å². The maximum absolute atomic E-state index is 12.6. The second kappa shape index (κ2) is 8.96. The highest BCUT2D eigenvalue weighted by Gasteiger charge is 2.58. The number of hydrogen-bond donors (Lipinski definition) is 1. The van der Waals surface area contributed by atoms with Crippen molar-refractivity contribution in [1.82, 2.24) is 4.90 Å². The Morgan fingerprint density at radius 1 is 1.12 bits per heavy atom. The number of oxime groups is 1. The predicted octanol–water partition coefficient (Wildman–Crippen LogP) is 3.85. The van der Waals surface area contributed by atoms with E-state index in [9.17, 15) is 14.7 Å². The lowest BCUT2D eigenvalue weighted by atomic mass is 9.47. The van der Waals surface area contributed by atoms with E-state index in [1.807, 2.05) is 0 Å². The second-order valence-electron chi connectivity index (χ2n) is 11.8. The van der Waals surface area contributed by atoms with Gasteiger partial charge in [-0.2, -0.15) is 0 Å². The minimum absolute atomic E-state index is 0.114. The van der Waals surface area contributed by atoms with Crippen LogP contribution in [0.25, 0.3) is 0 Å². The lowest BCUT2D eigenvalue weighted by Gasteiger charge is -2.57. The molecule has 0 bridgehead atoms. The van der Waals surface area contributed by atoms with Crippen molar-refractivity contribution >= 4 is 17.6 Å². The van der Waals surface area contributed by atoms with Crippen molar-refractivity contribution in [3.05, 3.63) is 11.6 Å². The number of rotatable bonds is 4. The first kappa shape index (κ1) is 23.8. The average molecular weight is 473 g/mol. The molecule has 7 heteroatoms. The zero-order valence-corrected chi connectivity index (χ0v) is 20.9. The number of fused-ring (bicyclic) bond motifs is 5. The Morgan fingerprint density at radius 3 is 2.74 bits per heavy atom. The number of nitrogens with zero attached hydrogens (tertiary/aromatic N) is 2. The van der Waals surface area contributed by atoms with Crippen molar-refractivity contribution < 1.29 is 24.3 Å². The smallest absolute Gasteiger partial charge is 0.328 e. The lowest BCUT2D eigenvalue weighted by molar-refractivity contribution is -0.152. The first-order valence-corrected chi connectivity index (χ1v) is 13.2. The molecule has 0 aromatic carbocycles. The van der Waals surface area contributed by atoms with Crippen molar-refractivity contribution in [2.24, 2.45) is 33.7 Å². The summed E-state index contributed by atoms with van der Waals surface area (Å²) in [6.45, 7) is 5.19. The van der Waals surface area contributed by atoms with Crippen molar-refractivity contribution in [3.8, 4) is 0 Å². The minimum atomic E-state index is -0.500. The summed E-state index contributed by atoms with van der Waals surface area (Å²) in [6.07, 6.45) is 12.2. The number of likely N-dealkylation sites (tertiary alicyclic amines) is 1. The van der Waals surface area contributed by atoms with E-state index in [0.717, 1.165) is 44.2 Å². The molecule has 4 aliphatic carbocycles. The van der Waals surface area contributed by atoms with Gasteiger partial charge in [-0.1, -0.05) is 24.6 Å². The molecule has 0 spiro atoms. The van der Waals surface area contributed by atoms with E-state index in [2.05, 4.69) is 25.1 Å². The Balaban J connectivity index is 1.23. The van der Waals surface area contributed by atoms with Gasteiger partial charge >= 0.3 is 5.97 Å². The van der Waals surface area contributed by atoms with Crippen molar-refractivity contribution in [3.63, 3.8) is 0 Å². The van der Waals surface area contributed by atoms with E-state index in [4.69, 9.17) is 9.57 Å². The van der Waals surface area contributed by atoms with E-state index >= 15 is 0 Å². The molecule has 0 aromatic heterocycles. The van der Waals surface area contributed by atoms with Crippen LogP contribution in [0, 0.1) is 28.6 Å². The van der Waals surface area contributed by atoms with Crippen molar-refractivity contribution in [1.29, 1.82) is 0 Å². The number of hydrogen-bond acceptors (Lipinski definition) is 6. The maximum atomic E-state index is 12.6. The topological polar surface area (TPSA) is 88.4 Å². The maximum Gasteiger partial charge on any atom is 0.328 e. The number of aliphatic hydroxyl groups excluding tert-OH is 1. The fraction of sp³-hybridized carbons (Fsp3) is 0.815. The largest absolute Gasteiger partial charge is 0.467 e. The predicted molar refractivity (Wildman–Crippen MR) is 128 cm³/mol. The molecular formula is C27H40N2O5. The molecule has 7 nitrogen and oxygen atoms in total. The molecule has 5 unspecified atom stereocenters. The average Bonchev–Trinajstić information content (AvgIpc) is 3.43. The van der Waals surface area contributed by atoms with Gasteiger partial charge in [0.1, 0.15) is 6.04 Å². The van der Waals surface area contributed by atoms with Gasteiger partial charge < -0.3 is 19.6 Å². The van der Waals surface area contributed by atoms with Gasteiger partial charge in [0.05, 0.1) is 18.9 Å². The molecule has 3 saturated carbocycles. The summed E-state index contributed by atoms with van der Waals surface area (Å²) in [5.41, 5.74) is 2.72. The molecule has 1 heterocycles. The van der Waals surface area contributed by atoms with E-state index in [0.29, 0.717) is 30.7 Å². The number of aliphatic hydroxyl groups is 1. The fourth-order valence-electron chi connectivity index (χ4n) is 8.32. The van der Waals surface area contributed by atoms with Crippen LogP contribution in [0.4, 0.5) is 0 Å². The first-order valence-electron chi connectivity index (χ1n) is 13.2. The van der Waals surface area contributed by atoms with Crippen LogP contribution in [0.1, 0.15) is 78.1 Å². The van der Waals surface area contributed by atoms with Crippen LogP contribution in [-0.4, -0.2) is 60.0 Å². The van der Waals surface area contributed by atoms with Crippen LogP contribution in [0.15, 0.2) is 16.8 Å². The molecular weight excluding hydrogens is 432 g/mol. The second-order valence-corrected chi connectivity index (χ2v) is 11.8. The molecule has 1 aliphatic heterocycles.